The van der Waals surface area contributed by atoms with Crippen molar-refractivity contribution in [3.05, 3.63) is 17.0 Å². The monoisotopic (exact) mass is 314 g/mol. The second kappa shape index (κ2) is 5.76. The number of primary sulfonamides is 1. The van der Waals surface area contributed by atoms with E-state index in [1.54, 1.807) is 4.90 Å². The van der Waals surface area contributed by atoms with Gasteiger partial charge in [-0.2, -0.15) is 5.10 Å². The van der Waals surface area contributed by atoms with Gasteiger partial charge in [-0.15, -0.1) is 0 Å². The average molecular weight is 314 g/mol. The van der Waals surface area contributed by atoms with Crippen LogP contribution in [0.5, 0.6) is 0 Å². The first-order valence-corrected chi connectivity index (χ1v) is 8.74. The number of likely N-dealkylation sites (tertiary alicyclic amines) is 1. The first kappa shape index (κ1) is 16.0. The summed E-state index contributed by atoms with van der Waals surface area (Å²) in [7, 11) is -3.54. The van der Waals surface area contributed by atoms with E-state index in [0.29, 0.717) is 13.1 Å². The van der Waals surface area contributed by atoms with Gasteiger partial charge in [0.2, 0.25) is 15.9 Å². The van der Waals surface area contributed by atoms with Crippen molar-refractivity contribution in [2.24, 2.45) is 11.1 Å². The van der Waals surface area contributed by atoms with Gasteiger partial charge < -0.3 is 4.90 Å². The van der Waals surface area contributed by atoms with E-state index >= 15 is 0 Å². The summed E-state index contributed by atoms with van der Waals surface area (Å²) in [6, 6.07) is 0. The zero-order chi connectivity index (χ0) is 15.8. The van der Waals surface area contributed by atoms with Gasteiger partial charge in [-0.3, -0.25) is 9.48 Å². The Morgan fingerprint density at radius 3 is 2.57 bits per heavy atom. The third kappa shape index (κ3) is 3.62. The largest absolute Gasteiger partial charge is 0.338 e. The third-order valence-electron chi connectivity index (χ3n) is 3.94. The topological polar surface area (TPSA) is 98.3 Å². The number of aromatic nitrogens is 2. The number of rotatable bonds is 5. The Bertz CT molecular complexity index is 651. The molecule has 1 aromatic heterocycles. The van der Waals surface area contributed by atoms with Crippen LogP contribution in [-0.2, 0) is 27.9 Å². The van der Waals surface area contributed by atoms with Gasteiger partial charge in [0.25, 0.3) is 0 Å². The molecule has 1 aliphatic heterocycles. The van der Waals surface area contributed by atoms with Crippen LogP contribution in [0.25, 0.3) is 0 Å². The SMILES string of the molecule is CCn1nc(C)c(CN2CC(CS(N)(=O)=O)CC2=O)c1C. The lowest BCUT2D eigenvalue weighted by Gasteiger charge is -2.17. The molecule has 2 N–H and O–H groups in total. The predicted octanol–water partition coefficient (Wildman–Crippen LogP) is 0.157. The molecule has 0 radical (unpaired) electrons. The molecule has 0 aliphatic carbocycles. The van der Waals surface area contributed by atoms with E-state index in [1.807, 2.05) is 25.5 Å². The number of hydrogen-bond acceptors (Lipinski definition) is 4. The highest BCUT2D eigenvalue weighted by Crippen LogP contribution is 2.23. The summed E-state index contributed by atoms with van der Waals surface area (Å²) in [5.74, 6) is -0.373. The van der Waals surface area contributed by atoms with Gasteiger partial charge in [0.15, 0.2) is 0 Å². The minimum Gasteiger partial charge on any atom is -0.338 e. The molecule has 118 valence electrons. The lowest BCUT2D eigenvalue weighted by Crippen LogP contribution is -2.27. The van der Waals surface area contributed by atoms with Crippen molar-refractivity contribution in [3.8, 4) is 0 Å². The minimum absolute atomic E-state index is 0.0216. The second-order valence-electron chi connectivity index (χ2n) is 5.64. The molecule has 7 nitrogen and oxygen atoms in total. The van der Waals surface area contributed by atoms with Gasteiger partial charge in [-0.05, 0) is 20.8 Å². The highest BCUT2D eigenvalue weighted by molar-refractivity contribution is 7.89. The summed E-state index contributed by atoms with van der Waals surface area (Å²) in [6.07, 6.45) is 0.246. The number of hydrogen-bond donors (Lipinski definition) is 1. The Kier molecular flexibility index (Phi) is 4.38. The van der Waals surface area contributed by atoms with Crippen molar-refractivity contribution in [1.82, 2.24) is 14.7 Å². The zero-order valence-corrected chi connectivity index (χ0v) is 13.5. The van der Waals surface area contributed by atoms with Gasteiger partial charge in [0.1, 0.15) is 0 Å². The molecular formula is C13H22N4O3S. The van der Waals surface area contributed by atoms with Crippen molar-refractivity contribution < 1.29 is 13.2 Å². The molecule has 1 atom stereocenters. The molecule has 2 rings (SSSR count). The molecule has 21 heavy (non-hydrogen) atoms. The number of carbonyl (C=O) groups excluding carboxylic acids is 1. The predicted molar refractivity (Wildman–Crippen MR) is 78.9 cm³/mol. The van der Waals surface area contributed by atoms with Gasteiger partial charge in [-0.1, -0.05) is 0 Å². The van der Waals surface area contributed by atoms with Gasteiger partial charge in [0.05, 0.1) is 11.4 Å². The first-order valence-electron chi connectivity index (χ1n) is 7.02. The molecule has 1 aromatic rings. The summed E-state index contributed by atoms with van der Waals surface area (Å²) in [6.45, 7) is 7.64. The molecule has 1 saturated heterocycles. The maximum absolute atomic E-state index is 12.0. The van der Waals surface area contributed by atoms with Gasteiger partial charge in [0, 0.05) is 43.2 Å². The van der Waals surface area contributed by atoms with Crippen LogP contribution in [-0.4, -0.2) is 41.3 Å². The summed E-state index contributed by atoms with van der Waals surface area (Å²) < 4.78 is 24.2. The highest BCUT2D eigenvalue weighted by Gasteiger charge is 2.32. The fourth-order valence-electron chi connectivity index (χ4n) is 2.91. The standard InChI is InChI=1S/C13H22N4O3S/c1-4-17-10(3)12(9(2)15-17)7-16-6-11(5-13(16)18)8-21(14,19)20/h11H,4-8H2,1-3H3,(H2,14,19,20). The Labute approximate surface area is 125 Å². The number of aryl methyl sites for hydroxylation is 2. The molecular weight excluding hydrogens is 292 g/mol. The molecule has 1 unspecified atom stereocenters. The van der Waals surface area contributed by atoms with Crippen LogP contribution in [0.15, 0.2) is 0 Å². The van der Waals surface area contributed by atoms with Crippen molar-refractivity contribution >= 4 is 15.9 Å². The van der Waals surface area contributed by atoms with Crippen LogP contribution in [0.2, 0.25) is 0 Å². The number of nitrogens with zero attached hydrogens (tertiary/aromatic N) is 3. The molecule has 0 spiro atoms. The third-order valence-corrected chi connectivity index (χ3v) is 4.88. The van der Waals surface area contributed by atoms with Crippen molar-refractivity contribution in [2.75, 3.05) is 12.3 Å². The number of carbonyl (C=O) groups is 1. The maximum Gasteiger partial charge on any atom is 0.223 e. The maximum atomic E-state index is 12.0. The summed E-state index contributed by atoms with van der Waals surface area (Å²) in [5, 5.41) is 9.49. The highest BCUT2D eigenvalue weighted by atomic mass is 32.2. The quantitative estimate of drug-likeness (QED) is 0.836. The Morgan fingerprint density at radius 2 is 2.05 bits per heavy atom. The number of sulfonamides is 1. The van der Waals surface area contributed by atoms with E-state index in [0.717, 1.165) is 23.5 Å². The molecule has 2 heterocycles. The molecule has 0 bridgehead atoms. The summed E-state index contributed by atoms with van der Waals surface area (Å²) in [5.41, 5.74) is 3.01. The molecule has 8 heteroatoms. The normalized spacial score (nSPS) is 19.5. The van der Waals surface area contributed by atoms with E-state index in [9.17, 15) is 13.2 Å². The zero-order valence-electron chi connectivity index (χ0n) is 12.7. The van der Waals surface area contributed by atoms with E-state index < -0.39 is 10.0 Å². The van der Waals surface area contributed by atoms with E-state index in [2.05, 4.69) is 5.10 Å². The first-order chi connectivity index (χ1) is 9.71. The Morgan fingerprint density at radius 1 is 1.38 bits per heavy atom. The van der Waals surface area contributed by atoms with Crippen molar-refractivity contribution in [1.29, 1.82) is 0 Å². The second-order valence-corrected chi connectivity index (χ2v) is 7.30. The number of amides is 1. The minimum atomic E-state index is -3.54. The molecule has 1 aliphatic rings. The van der Waals surface area contributed by atoms with Gasteiger partial charge >= 0.3 is 0 Å². The van der Waals surface area contributed by atoms with Crippen LogP contribution >= 0.6 is 0 Å². The van der Waals surface area contributed by atoms with Crippen molar-refractivity contribution in [3.63, 3.8) is 0 Å². The van der Waals surface area contributed by atoms with E-state index in [1.165, 1.54) is 0 Å². The van der Waals surface area contributed by atoms with Crippen LogP contribution in [0.4, 0.5) is 0 Å². The molecule has 0 saturated carbocycles. The van der Waals surface area contributed by atoms with Crippen molar-refractivity contribution in [2.45, 2.75) is 40.3 Å². The van der Waals surface area contributed by atoms with Crippen LogP contribution < -0.4 is 5.14 Å². The average Bonchev–Trinajstić information content (AvgIpc) is 2.81. The molecule has 1 amide bonds. The molecule has 1 fully saturated rings. The van der Waals surface area contributed by atoms with Crippen LogP contribution in [0, 0.1) is 19.8 Å². The summed E-state index contributed by atoms with van der Waals surface area (Å²) >= 11 is 0. The van der Waals surface area contributed by atoms with Gasteiger partial charge in [-0.25, -0.2) is 13.6 Å². The van der Waals surface area contributed by atoms with E-state index in [4.69, 9.17) is 5.14 Å². The molecule has 0 aromatic carbocycles. The van der Waals surface area contributed by atoms with Crippen LogP contribution in [0.1, 0.15) is 30.3 Å². The lowest BCUT2D eigenvalue weighted by molar-refractivity contribution is -0.128. The fourth-order valence-corrected chi connectivity index (χ4v) is 3.79. The van der Waals surface area contributed by atoms with E-state index in [-0.39, 0.29) is 24.0 Å². The fraction of sp³-hybridized carbons (Fsp3) is 0.692. The number of nitrogens with two attached hydrogens (primary N) is 1. The Hall–Kier alpha value is -1.41. The smallest absolute Gasteiger partial charge is 0.223 e. The Balaban J connectivity index is 2.11. The lowest BCUT2D eigenvalue weighted by atomic mass is 10.1. The summed E-state index contributed by atoms with van der Waals surface area (Å²) in [4.78, 5) is 13.7. The van der Waals surface area contributed by atoms with Crippen LogP contribution in [0.3, 0.4) is 0 Å².